The monoisotopic (exact) mass is 530 g/mol. The highest BCUT2D eigenvalue weighted by molar-refractivity contribution is 7.52. The minimum atomic E-state index is -4.03. The molecule has 0 bridgehead atoms. The Labute approximate surface area is 214 Å². The molecule has 2 heterocycles. The maximum absolute atomic E-state index is 13.7. The van der Waals surface area contributed by atoms with Crippen molar-refractivity contribution in [2.75, 3.05) is 19.5 Å². The van der Waals surface area contributed by atoms with Crippen molar-refractivity contribution < 1.29 is 28.3 Å². The van der Waals surface area contributed by atoms with Crippen LogP contribution in [-0.4, -0.2) is 50.4 Å². The van der Waals surface area contributed by atoms with Crippen molar-refractivity contribution in [3.8, 4) is 11.6 Å². The Morgan fingerprint density at radius 1 is 1.27 bits per heavy atom. The molecule has 0 radical (unpaired) electrons. The predicted molar refractivity (Wildman–Crippen MR) is 137 cm³/mol. The van der Waals surface area contributed by atoms with Crippen LogP contribution in [-0.2, 0) is 13.9 Å². The summed E-state index contributed by atoms with van der Waals surface area (Å²) in [6.45, 7) is 3.82. The number of imidazole rings is 1. The number of fused-ring (bicyclic) bond motifs is 1. The Bertz CT molecular complexity index is 1310. The first-order valence-corrected chi connectivity index (χ1v) is 13.4. The van der Waals surface area contributed by atoms with Crippen molar-refractivity contribution >= 4 is 30.8 Å². The molecule has 0 fully saturated rings. The number of benzene rings is 1. The van der Waals surface area contributed by atoms with Crippen LogP contribution < -0.4 is 20.1 Å². The summed E-state index contributed by atoms with van der Waals surface area (Å²) in [5, 5.41) is 12.3. The van der Waals surface area contributed by atoms with Crippen molar-refractivity contribution in [3.63, 3.8) is 0 Å². The van der Waals surface area contributed by atoms with Crippen LogP contribution in [0.25, 0.3) is 11.2 Å². The fraction of sp³-hybridized carbons (Fsp3) is 0.417. The van der Waals surface area contributed by atoms with Crippen molar-refractivity contribution in [2.45, 2.75) is 38.8 Å². The smallest absolute Gasteiger partial charge is 0.459 e. The SMILES string of the molecule is COc1nc(N)nc2c1ncn2[C@H]1C=C[C@@H](COP(=O)(N[C@@H](CC(C)C)C(=O)O)Oc2ccccc2)C1. The van der Waals surface area contributed by atoms with E-state index >= 15 is 0 Å². The van der Waals surface area contributed by atoms with Crippen molar-refractivity contribution in [3.05, 3.63) is 48.8 Å². The number of carboxylic acid groups (broad SMARTS) is 1. The van der Waals surface area contributed by atoms with E-state index in [2.05, 4.69) is 20.0 Å². The molecule has 2 aromatic heterocycles. The molecule has 0 saturated heterocycles. The lowest BCUT2D eigenvalue weighted by Crippen LogP contribution is -2.37. The summed E-state index contributed by atoms with van der Waals surface area (Å²) in [6.07, 6.45) is 6.45. The standard InChI is InChI=1S/C24H31N6O6P/c1-15(2)11-19(23(31)32)29-37(33,36-18-7-5-4-6-8-18)35-13-16-9-10-17(12-16)30-14-26-20-21(30)27-24(25)28-22(20)34-3/h4-10,14-17,19H,11-13H2,1-3H3,(H,29,33)(H,31,32)(H2,25,27,28)/t16-,17+,19+,37?/m1/s1. The van der Waals surface area contributed by atoms with Gasteiger partial charge in [0.25, 0.3) is 0 Å². The fourth-order valence-electron chi connectivity index (χ4n) is 4.15. The highest BCUT2D eigenvalue weighted by atomic mass is 31.2. The number of aliphatic carboxylic acids is 1. The first-order valence-electron chi connectivity index (χ1n) is 11.9. The minimum absolute atomic E-state index is 0.0468. The Morgan fingerprint density at radius 2 is 2.03 bits per heavy atom. The van der Waals surface area contributed by atoms with Crippen LogP contribution in [0.4, 0.5) is 5.95 Å². The Kier molecular flexibility index (Phi) is 8.11. The lowest BCUT2D eigenvalue weighted by Gasteiger charge is -2.25. The second-order valence-corrected chi connectivity index (χ2v) is 10.9. The molecule has 37 heavy (non-hydrogen) atoms. The summed E-state index contributed by atoms with van der Waals surface area (Å²) in [4.78, 5) is 24.6. The summed E-state index contributed by atoms with van der Waals surface area (Å²) >= 11 is 0. The van der Waals surface area contributed by atoms with Crippen molar-refractivity contribution in [1.82, 2.24) is 24.6 Å². The second kappa shape index (κ2) is 11.3. The number of anilines is 1. The van der Waals surface area contributed by atoms with Gasteiger partial charge in [-0.05, 0) is 30.9 Å². The molecule has 4 rings (SSSR count). The predicted octanol–water partition coefficient (Wildman–Crippen LogP) is 3.83. The number of carboxylic acids is 1. The average Bonchev–Trinajstić information content (AvgIpc) is 3.49. The van der Waals surface area contributed by atoms with Gasteiger partial charge in [0.1, 0.15) is 11.8 Å². The van der Waals surface area contributed by atoms with E-state index in [0.29, 0.717) is 29.2 Å². The molecule has 4 N–H and O–H groups in total. The van der Waals surface area contributed by atoms with E-state index < -0.39 is 19.8 Å². The number of ether oxygens (including phenoxy) is 1. The molecule has 0 amide bonds. The molecule has 0 saturated carbocycles. The average molecular weight is 531 g/mol. The molecule has 3 aromatic rings. The van der Waals surface area contributed by atoms with Crippen LogP contribution in [0.15, 0.2) is 48.8 Å². The molecule has 198 valence electrons. The molecule has 13 heteroatoms. The summed E-state index contributed by atoms with van der Waals surface area (Å²) in [6, 6.07) is 7.32. The molecule has 1 unspecified atom stereocenters. The molecule has 12 nitrogen and oxygen atoms in total. The number of rotatable bonds is 12. The molecular formula is C24H31N6O6P. The Morgan fingerprint density at radius 3 is 2.70 bits per heavy atom. The van der Waals surface area contributed by atoms with Gasteiger partial charge in [-0.15, -0.1) is 0 Å². The molecule has 1 aliphatic carbocycles. The first kappa shape index (κ1) is 26.6. The quantitative estimate of drug-likeness (QED) is 0.230. The van der Waals surface area contributed by atoms with E-state index in [0.717, 1.165) is 0 Å². The zero-order valence-electron chi connectivity index (χ0n) is 20.9. The van der Waals surface area contributed by atoms with Gasteiger partial charge in [-0.3, -0.25) is 9.32 Å². The van der Waals surface area contributed by atoms with E-state index in [9.17, 15) is 14.5 Å². The van der Waals surface area contributed by atoms with E-state index in [-0.39, 0.29) is 36.9 Å². The molecular weight excluding hydrogens is 499 g/mol. The van der Waals surface area contributed by atoms with Crippen molar-refractivity contribution in [2.24, 2.45) is 11.8 Å². The number of carbonyl (C=O) groups is 1. The van der Waals surface area contributed by atoms with Gasteiger partial charge in [-0.1, -0.05) is 44.2 Å². The Balaban J connectivity index is 1.48. The number of nitrogen functional groups attached to an aromatic ring is 1. The molecule has 1 aromatic carbocycles. The second-order valence-electron chi connectivity index (χ2n) is 9.21. The number of nitrogens with zero attached hydrogens (tertiary/aromatic N) is 4. The number of allylic oxidation sites excluding steroid dienone is 1. The number of methoxy groups -OCH3 is 1. The number of nitrogens with one attached hydrogen (secondary N) is 1. The lowest BCUT2D eigenvalue weighted by atomic mass is 10.1. The number of aromatic nitrogens is 4. The van der Waals surface area contributed by atoms with Gasteiger partial charge in [0, 0.05) is 5.92 Å². The maximum Gasteiger partial charge on any atom is 0.459 e. The van der Waals surface area contributed by atoms with Crippen LogP contribution in [0.5, 0.6) is 11.6 Å². The normalized spacial score (nSPS) is 19.7. The van der Waals surface area contributed by atoms with Gasteiger partial charge in [0.2, 0.25) is 11.8 Å². The molecule has 0 aliphatic heterocycles. The number of hydrogen-bond acceptors (Lipinski definition) is 9. The lowest BCUT2D eigenvalue weighted by molar-refractivity contribution is -0.139. The number of hydrogen-bond donors (Lipinski definition) is 3. The first-order chi connectivity index (χ1) is 17.7. The number of para-hydroxylation sites is 1. The molecule has 4 atom stereocenters. The zero-order chi connectivity index (χ0) is 26.6. The van der Waals surface area contributed by atoms with E-state index in [1.165, 1.54) is 7.11 Å². The topological polar surface area (TPSA) is 164 Å². The van der Waals surface area contributed by atoms with Gasteiger partial charge in [-0.25, -0.2) is 9.55 Å². The fourth-order valence-corrected chi connectivity index (χ4v) is 5.71. The molecule has 0 spiro atoms. The van der Waals surface area contributed by atoms with Crippen LogP contribution in [0.2, 0.25) is 0 Å². The van der Waals surface area contributed by atoms with Crippen LogP contribution in [0.1, 0.15) is 32.7 Å². The van der Waals surface area contributed by atoms with Gasteiger partial charge in [0.15, 0.2) is 11.2 Å². The van der Waals surface area contributed by atoms with Crippen LogP contribution in [0, 0.1) is 11.8 Å². The van der Waals surface area contributed by atoms with E-state index in [1.54, 1.807) is 36.7 Å². The van der Waals surface area contributed by atoms with Crippen molar-refractivity contribution in [1.29, 1.82) is 0 Å². The van der Waals surface area contributed by atoms with E-state index in [1.807, 2.05) is 30.6 Å². The summed E-state index contributed by atoms with van der Waals surface area (Å²) in [7, 11) is -2.54. The third-order valence-electron chi connectivity index (χ3n) is 5.85. The zero-order valence-corrected chi connectivity index (χ0v) is 21.7. The highest BCUT2D eigenvalue weighted by Gasteiger charge is 2.35. The summed E-state index contributed by atoms with van der Waals surface area (Å²) < 4.78 is 32.4. The molecule has 1 aliphatic rings. The Hall–Kier alpha value is -3.47. The maximum atomic E-state index is 13.7. The minimum Gasteiger partial charge on any atom is -0.480 e. The van der Waals surface area contributed by atoms with Gasteiger partial charge >= 0.3 is 13.7 Å². The van der Waals surface area contributed by atoms with E-state index in [4.69, 9.17) is 19.5 Å². The van der Waals surface area contributed by atoms with Crippen LogP contribution >= 0.6 is 7.75 Å². The summed E-state index contributed by atoms with van der Waals surface area (Å²) in [5.74, 6) is -0.512. The van der Waals surface area contributed by atoms with Crippen LogP contribution in [0.3, 0.4) is 0 Å². The van der Waals surface area contributed by atoms with Gasteiger partial charge < -0.3 is 24.7 Å². The third kappa shape index (κ3) is 6.46. The highest BCUT2D eigenvalue weighted by Crippen LogP contribution is 2.46. The largest absolute Gasteiger partial charge is 0.480 e. The van der Waals surface area contributed by atoms with Gasteiger partial charge in [-0.2, -0.15) is 15.1 Å². The number of nitrogens with two attached hydrogens (primary N) is 1. The third-order valence-corrected chi connectivity index (χ3v) is 7.42. The van der Waals surface area contributed by atoms with Gasteiger partial charge in [0.05, 0.1) is 26.1 Å². The summed E-state index contributed by atoms with van der Waals surface area (Å²) in [5.41, 5.74) is 6.87.